The molecule has 1 fully saturated rings. The molecule has 2 nitrogen and oxygen atoms in total. The summed E-state index contributed by atoms with van der Waals surface area (Å²) in [5.74, 6) is 0. The molecular formula is C6H10N2. The summed E-state index contributed by atoms with van der Waals surface area (Å²) in [7, 11) is 0. The minimum Gasteiger partial charge on any atom is -0.347 e. The van der Waals surface area contributed by atoms with Crippen LogP contribution in [0.2, 0.25) is 0 Å². The summed E-state index contributed by atoms with van der Waals surface area (Å²) >= 11 is 0. The molecule has 0 atom stereocenters. The van der Waals surface area contributed by atoms with E-state index in [1.54, 1.807) is 0 Å². The fraction of sp³-hybridized carbons (Fsp3) is 0.667. The second-order valence-electron chi connectivity index (χ2n) is 2.31. The van der Waals surface area contributed by atoms with Crippen molar-refractivity contribution < 1.29 is 0 Å². The molecule has 44 valence electrons. The van der Waals surface area contributed by atoms with E-state index in [2.05, 4.69) is 16.4 Å². The third-order valence-electron chi connectivity index (χ3n) is 1.69. The van der Waals surface area contributed by atoms with Crippen LogP contribution in [-0.2, 0) is 0 Å². The number of nitrogens with zero attached hydrogens (tertiary/aromatic N) is 1. The molecule has 2 heterocycles. The predicted octanol–water partition coefficient (Wildman–Crippen LogP) is 0.137. The number of fused-ring (bicyclic) bond motifs is 1. The molecule has 8 heavy (non-hydrogen) atoms. The molecule has 2 aliphatic heterocycles. The van der Waals surface area contributed by atoms with Crippen LogP contribution in [0, 0.1) is 0 Å². The van der Waals surface area contributed by atoms with Gasteiger partial charge in [-0.2, -0.15) is 0 Å². The highest BCUT2D eigenvalue weighted by Crippen LogP contribution is 2.23. The van der Waals surface area contributed by atoms with Crippen molar-refractivity contribution in [3.8, 4) is 0 Å². The number of hydrogen-bond donors (Lipinski definition) is 1. The maximum absolute atomic E-state index is 3.33. The van der Waals surface area contributed by atoms with Crippen LogP contribution in [0.25, 0.3) is 0 Å². The first-order valence-corrected chi connectivity index (χ1v) is 3.15. The summed E-state index contributed by atoms with van der Waals surface area (Å²) in [5.41, 5.74) is 1.54. The van der Waals surface area contributed by atoms with Crippen LogP contribution in [0.5, 0.6) is 0 Å². The monoisotopic (exact) mass is 110 g/mol. The van der Waals surface area contributed by atoms with E-state index in [1.165, 1.54) is 25.2 Å². The quantitative estimate of drug-likeness (QED) is 0.477. The summed E-state index contributed by atoms with van der Waals surface area (Å²) in [4.78, 5) is 2.32. The minimum absolute atomic E-state index is 1.15. The van der Waals surface area contributed by atoms with E-state index in [0.717, 1.165) is 6.54 Å². The summed E-state index contributed by atoms with van der Waals surface area (Å²) in [6, 6.07) is 0. The van der Waals surface area contributed by atoms with Gasteiger partial charge in [-0.3, -0.25) is 0 Å². The third-order valence-corrected chi connectivity index (χ3v) is 1.69. The van der Waals surface area contributed by atoms with Crippen LogP contribution in [0.4, 0.5) is 0 Å². The molecule has 0 aromatic rings. The van der Waals surface area contributed by atoms with Crippen molar-refractivity contribution in [3.05, 3.63) is 11.9 Å². The van der Waals surface area contributed by atoms with Crippen LogP contribution in [0.3, 0.4) is 0 Å². The van der Waals surface area contributed by atoms with Crippen molar-refractivity contribution in [2.24, 2.45) is 0 Å². The Bertz CT molecular complexity index is 128. The highest BCUT2D eigenvalue weighted by atomic mass is 15.2. The molecule has 0 bridgehead atoms. The first-order valence-electron chi connectivity index (χ1n) is 3.15. The van der Waals surface area contributed by atoms with Gasteiger partial charge < -0.3 is 10.2 Å². The number of rotatable bonds is 0. The second-order valence-corrected chi connectivity index (χ2v) is 2.31. The molecule has 2 aliphatic rings. The van der Waals surface area contributed by atoms with Gasteiger partial charge in [0.25, 0.3) is 0 Å². The Morgan fingerprint density at radius 3 is 3.50 bits per heavy atom. The highest BCUT2D eigenvalue weighted by molar-refractivity contribution is 5.19. The SMILES string of the molecule is C1=C2CCNCCN12. The smallest absolute Gasteiger partial charge is 0.0351 e. The minimum atomic E-state index is 1.15. The molecule has 0 spiro atoms. The van der Waals surface area contributed by atoms with E-state index in [4.69, 9.17) is 0 Å². The second kappa shape index (κ2) is 1.49. The summed E-state index contributed by atoms with van der Waals surface area (Å²) in [6.45, 7) is 3.51. The maximum atomic E-state index is 3.33. The van der Waals surface area contributed by atoms with Crippen molar-refractivity contribution in [1.29, 1.82) is 0 Å². The van der Waals surface area contributed by atoms with Gasteiger partial charge >= 0.3 is 0 Å². The lowest BCUT2D eigenvalue weighted by Gasteiger charge is -1.98. The van der Waals surface area contributed by atoms with Crippen molar-refractivity contribution in [3.63, 3.8) is 0 Å². The average Bonchev–Trinajstić information content (AvgIpc) is 2.36. The molecule has 0 aromatic heterocycles. The van der Waals surface area contributed by atoms with Crippen molar-refractivity contribution in [2.45, 2.75) is 6.42 Å². The molecule has 0 aliphatic carbocycles. The zero-order valence-electron chi connectivity index (χ0n) is 4.85. The fourth-order valence-electron chi connectivity index (χ4n) is 1.11. The lowest BCUT2D eigenvalue weighted by atomic mass is 10.4. The van der Waals surface area contributed by atoms with E-state index in [0.29, 0.717) is 0 Å². The normalized spacial score (nSPS) is 26.0. The summed E-state index contributed by atoms with van der Waals surface area (Å²) < 4.78 is 0. The molecule has 1 saturated heterocycles. The molecule has 0 radical (unpaired) electrons. The molecule has 1 N–H and O–H groups in total. The van der Waals surface area contributed by atoms with E-state index in [1.807, 2.05) is 0 Å². The van der Waals surface area contributed by atoms with Crippen LogP contribution in [0.1, 0.15) is 6.42 Å². The largest absolute Gasteiger partial charge is 0.347 e. The van der Waals surface area contributed by atoms with Gasteiger partial charge in [0, 0.05) is 38.0 Å². The van der Waals surface area contributed by atoms with Crippen molar-refractivity contribution in [1.82, 2.24) is 10.2 Å². The Morgan fingerprint density at radius 2 is 2.50 bits per heavy atom. The number of hydrogen-bond acceptors (Lipinski definition) is 2. The molecule has 2 rings (SSSR count). The lowest BCUT2D eigenvalue weighted by molar-refractivity contribution is 0.576. The van der Waals surface area contributed by atoms with Gasteiger partial charge in [0.2, 0.25) is 0 Å². The van der Waals surface area contributed by atoms with Crippen LogP contribution < -0.4 is 5.32 Å². The van der Waals surface area contributed by atoms with E-state index in [-0.39, 0.29) is 0 Å². The van der Waals surface area contributed by atoms with Crippen molar-refractivity contribution in [2.75, 3.05) is 19.6 Å². The van der Waals surface area contributed by atoms with Crippen LogP contribution in [-0.4, -0.2) is 24.5 Å². The Labute approximate surface area is 49.2 Å². The Morgan fingerprint density at radius 1 is 1.50 bits per heavy atom. The van der Waals surface area contributed by atoms with Gasteiger partial charge in [-0.15, -0.1) is 0 Å². The van der Waals surface area contributed by atoms with Gasteiger partial charge in [-0.1, -0.05) is 0 Å². The van der Waals surface area contributed by atoms with Crippen LogP contribution >= 0.6 is 0 Å². The van der Waals surface area contributed by atoms with Gasteiger partial charge in [0.05, 0.1) is 0 Å². The molecule has 2 heteroatoms. The highest BCUT2D eigenvalue weighted by Gasteiger charge is 2.20. The van der Waals surface area contributed by atoms with Crippen molar-refractivity contribution >= 4 is 0 Å². The van der Waals surface area contributed by atoms with Gasteiger partial charge in [-0.05, 0) is 0 Å². The third kappa shape index (κ3) is 0.611. The molecule has 0 unspecified atom stereocenters. The Hall–Kier alpha value is -0.500. The molecular weight excluding hydrogens is 100 g/mol. The standard InChI is InChI=1S/C6H10N2/c1-2-7-3-4-8-5-6(1)8/h5,7H,1-4H2. The van der Waals surface area contributed by atoms with Gasteiger partial charge in [0.15, 0.2) is 0 Å². The topological polar surface area (TPSA) is 15.0 Å². The first-order chi connectivity index (χ1) is 3.97. The van der Waals surface area contributed by atoms with Gasteiger partial charge in [0.1, 0.15) is 0 Å². The zero-order valence-corrected chi connectivity index (χ0v) is 4.85. The summed E-state index contributed by atoms with van der Waals surface area (Å²) in [6.07, 6.45) is 3.47. The zero-order chi connectivity index (χ0) is 5.40. The first kappa shape index (κ1) is 4.39. The predicted molar refractivity (Wildman–Crippen MR) is 32.3 cm³/mol. The van der Waals surface area contributed by atoms with E-state index >= 15 is 0 Å². The van der Waals surface area contributed by atoms with Crippen LogP contribution in [0.15, 0.2) is 11.9 Å². The van der Waals surface area contributed by atoms with E-state index in [9.17, 15) is 0 Å². The lowest BCUT2D eigenvalue weighted by Crippen LogP contribution is -2.18. The molecule has 0 aromatic carbocycles. The molecule has 0 amide bonds. The summed E-state index contributed by atoms with van der Waals surface area (Å²) in [5, 5.41) is 3.33. The maximum Gasteiger partial charge on any atom is 0.0351 e. The van der Waals surface area contributed by atoms with Gasteiger partial charge in [-0.25, -0.2) is 0 Å². The average molecular weight is 110 g/mol. The fourth-order valence-corrected chi connectivity index (χ4v) is 1.11. The van der Waals surface area contributed by atoms with E-state index < -0.39 is 0 Å². The Balaban J connectivity index is 1.96. The number of nitrogens with one attached hydrogen (secondary N) is 1. The molecule has 0 saturated carbocycles. The Kier molecular flexibility index (Phi) is 0.815.